The van der Waals surface area contributed by atoms with E-state index in [1.165, 1.54) is 6.20 Å². The van der Waals surface area contributed by atoms with Gasteiger partial charge in [-0.25, -0.2) is 4.98 Å². The molecule has 0 aromatic carbocycles. The van der Waals surface area contributed by atoms with Crippen molar-refractivity contribution in [2.45, 2.75) is 20.3 Å². The predicted octanol–water partition coefficient (Wildman–Crippen LogP) is 2.31. The van der Waals surface area contributed by atoms with Crippen LogP contribution in [0.2, 0.25) is 5.02 Å². The third-order valence-electron chi connectivity index (χ3n) is 1.98. The van der Waals surface area contributed by atoms with Gasteiger partial charge in [0.15, 0.2) is 0 Å². The minimum atomic E-state index is -0.154. The summed E-state index contributed by atoms with van der Waals surface area (Å²) in [5.41, 5.74) is 0.480. The van der Waals surface area contributed by atoms with Crippen molar-refractivity contribution in [1.29, 1.82) is 0 Å². The van der Waals surface area contributed by atoms with Crippen LogP contribution in [0, 0.1) is 0 Å². The summed E-state index contributed by atoms with van der Waals surface area (Å²) in [6.45, 7) is 5.33. The number of carbonyl (C=O) groups excluding carboxylic acids is 1. The van der Waals surface area contributed by atoms with Crippen molar-refractivity contribution in [3.8, 4) is 0 Å². The van der Waals surface area contributed by atoms with E-state index in [4.69, 9.17) is 11.6 Å². The van der Waals surface area contributed by atoms with Crippen molar-refractivity contribution in [3.05, 3.63) is 22.8 Å². The van der Waals surface area contributed by atoms with Gasteiger partial charge < -0.3 is 10.6 Å². The van der Waals surface area contributed by atoms with E-state index in [2.05, 4.69) is 22.5 Å². The SMILES string of the molecule is CCCNc1ncc(C(=O)NCC)cc1Cl. The average Bonchev–Trinajstić information content (AvgIpc) is 2.27. The predicted molar refractivity (Wildman–Crippen MR) is 66.0 cm³/mol. The highest BCUT2D eigenvalue weighted by Gasteiger charge is 2.08. The fraction of sp³-hybridized carbons (Fsp3) is 0.455. The van der Waals surface area contributed by atoms with Crippen molar-refractivity contribution in [1.82, 2.24) is 10.3 Å². The number of amides is 1. The van der Waals surface area contributed by atoms with Crippen LogP contribution in [0.25, 0.3) is 0 Å². The van der Waals surface area contributed by atoms with Gasteiger partial charge in [0.2, 0.25) is 0 Å². The van der Waals surface area contributed by atoms with Gasteiger partial charge in [-0.15, -0.1) is 0 Å². The molecule has 0 unspecified atom stereocenters. The van der Waals surface area contributed by atoms with Crippen LogP contribution < -0.4 is 10.6 Å². The molecule has 0 saturated heterocycles. The minimum Gasteiger partial charge on any atom is -0.369 e. The second kappa shape index (κ2) is 6.33. The van der Waals surface area contributed by atoms with Gasteiger partial charge in [-0.05, 0) is 19.4 Å². The molecule has 2 N–H and O–H groups in total. The molecule has 0 bridgehead atoms. The summed E-state index contributed by atoms with van der Waals surface area (Å²) < 4.78 is 0. The Morgan fingerprint density at radius 3 is 2.81 bits per heavy atom. The number of pyridine rings is 1. The van der Waals surface area contributed by atoms with Gasteiger partial charge in [0, 0.05) is 19.3 Å². The molecule has 1 amide bonds. The molecule has 0 aliphatic heterocycles. The molecule has 0 radical (unpaired) electrons. The first kappa shape index (κ1) is 12.8. The first-order chi connectivity index (χ1) is 7.69. The van der Waals surface area contributed by atoms with Crippen LogP contribution in [0.3, 0.4) is 0 Å². The first-order valence-corrected chi connectivity index (χ1v) is 5.74. The lowest BCUT2D eigenvalue weighted by Gasteiger charge is -2.07. The van der Waals surface area contributed by atoms with Gasteiger partial charge in [0.05, 0.1) is 10.6 Å². The first-order valence-electron chi connectivity index (χ1n) is 5.36. The Morgan fingerprint density at radius 2 is 2.25 bits per heavy atom. The summed E-state index contributed by atoms with van der Waals surface area (Å²) in [7, 11) is 0. The largest absolute Gasteiger partial charge is 0.369 e. The topological polar surface area (TPSA) is 54.0 Å². The van der Waals surface area contributed by atoms with E-state index < -0.39 is 0 Å². The van der Waals surface area contributed by atoms with E-state index in [0.29, 0.717) is 22.9 Å². The number of hydrogen-bond acceptors (Lipinski definition) is 3. The van der Waals surface area contributed by atoms with Crippen LogP contribution in [-0.4, -0.2) is 24.0 Å². The Balaban J connectivity index is 2.78. The number of carbonyl (C=O) groups is 1. The molecule has 0 aliphatic carbocycles. The van der Waals surface area contributed by atoms with Crippen LogP contribution in [0.1, 0.15) is 30.6 Å². The average molecular weight is 242 g/mol. The number of hydrogen-bond donors (Lipinski definition) is 2. The fourth-order valence-electron chi connectivity index (χ4n) is 1.20. The molecule has 0 atom stereocenters. The Bertz CT molecular complexity index is 368. The van der Waals surface area contributed by atoms with Gasteiger partial charge in [-0.3, -0.25) is 4.79 Å². The van der Waals surface area contributed by atoms with Crippen molar-refractivity contribution in [2.75, 3.05) is 18.4 Å². The summed E-state index contributed by atoms with van der Waals surface area (Å²) in [5, 5.41) is 6.25. The fourth-order valence-corrected chi connectivity index (χ4v) is 1.43. The summed E-state index contributed by atoms with van der Waals surface area (Å²) in [4.78, 5) is 15.6. The number of nitrogens with one attached hydrogen (secondary N) is 2. The highest BCUT2D eigenvalue weighted by molar-refractivity contribution is 6.33. The molecule has 0 aliphatic rings. The van der Waals surface area contributed by atoms with Crippen LogP contribution >= 0.6 is 11.6 Å². The molecule has 1 heterocycles. The molecule has 1 aromatic rings. The zero-order valence-corrected chi connectivity index (χ0v) is 10.3. The zero-order chi connectivity index (χ0) is 12.0. The number of aromatic nitrogens is 1. The van der Waals surface area contributed by atoms with Crippen molar-refractivity contribution in [3.63, 3.8) is 0 Å². The lowest BCUT2D eigenvalue weighted by Crippen LogP contribution is -2.22. The van der Waals surface area contributed by atoms with E-state index in [1.807, 2.05) is 6.92 Å². The molecule has 0 spiro atoms. The molecule has 1 aromatic heterocycles. The Kier molecular flexibility index (Phi) is 5.05. The summed E-state index contributed by atoms with van der Waals surface area (Å²) in [6, 6.07) is 1.62. The minimum absolute atomic E-state index is 0.154. The number of nitrogens with zero attached hydrogens (tertiary/aromatic N) is 1. The second-order valence-corrected chi connectivity index (χ2v) is 3.75. The molecule has 0 fully saturated rings. The van der Waals surface area contributed by atoms with Crippen LogP contribution in [-0.2, 0) is 0 Å². The number of anilines is 1. The maximum Gasteiger partial charge on any atom is 0.252 e. The monoisotopic (exact) mass is 241 g/mol. The van der Waals surface area contributed by atoms with Gasteiger partial charge in [-0.2, -0.15) is 0 Å². The molecule has 5 heteroatoms. The quantitative estimate of drug-likeness (QED) is 0.832. The Labute approximate surface area is 100 Å². The van der Waals surface area contributed by atoms with E-state index in [0.717, 1.165) is 13.0 Å². The smallest absolute Gasteiger partial charge is 0.252 e. The molecule has 1 rings (SSSR count). The van der Waals surface area contributed by atoms with E-state index in [-0.39, 0.29) is 5.91 Å². The van der Waals surface area contributed by atoms with Crippen molar-refractivity contribution in [2.24, 2.45) is 0 Å². The number of rotatable bonds is 5. The Hall–Kier alpha value is -1.29. The van der Waals surface area contributed by atoms with E-state index >= 15 is 0 Å². The summed E-state index contributed by atoms with van der Waals surface area (Å²) in [5.74, 6) is 0.468. The lowest BCUT2D eigenvalue weighted by molar-refractivity contribution is 0.0955. The number of halogens is 1. The second-order valence-electron chi connectivity index (χ2n) is 3.34. The highest BCUT2D eigenvalue weighted by Crippen LogP contribution is 2.19. The Morgan fingerprint density at radius 1 is 1.50 bits per heavy atom. The molecular formula is C11H16ClN3O. The zero-order valence-electron chi connectivity index (χ0n) is 9.51. The molecule has 4 nitrogen and oxygen atoms in total. The van der Waals surface area contributed by atoms with E-state index in [9.17, 15) is 4.79 Å². The normalized spacial score (nSPS) is 9.94. The molecule has 88 valence electrons. The third kappa shape index (κ3) is 3.38. The summed E-state index contributed by atoms with van der Waals surface area (Å²) in [6.07, 6.45) is 2.52. The van der Waals surface area contributed by atoms with E-state index in [1.54, 1.807) is 6.07 Å². The van der Waals surface area contributed by atoms with Crippen molar-refractivity contribution < 1.29 is 4.79 Å². The van der Waals surface area contributed by atoms with Gasteiger partial charge >= 0.3 is 0 Å². The maximum absolute atomic E-state index is 11.5. The van der Waals surface area contributed by atoms with Gasteiger partial charge in [-0.1, -0.05) is 18.5 Å². The van der Waals surface area contributed by atoms with Gasteiger partial charge in [0.25, 0.3) is 5.91 Å². The molecule has 16 heavy (non-hydrogen) atoms. The van der Waals surface area contributed by atoms with Crippen LogP contribution in [0.4, 0.5) is 5.82 Å². The standard InChI is InChI=1S/C11H16ClN3O/c1-3-5-14-10-9(12)6-8(7-15-10)11(16)13-4-2/h6-7H,3-5H2,1-2H3,(H,13,16)(H,14,15). The molecular weight excluding hydrogens is 226 g/mol. The maximum atomic E-state index is 11.5. The van der Waals surface area contributed by atoms with Crippen LogP contribution in [0.5, 0.6) is 0 Å². The van der Waals surface area contributed by atoms with Crippen LogP contribution in [0.15, 0.2) is 12.3 Å². The summed E-state index contributed by atoms with van der Waals surface area (Å²) >= 11 is 6.00. The van der Waals surface area contributed by atoms with Crippen molar-refractivity contribution >= 4 is 23.3 Å². The lowest BCUT2D eigenvalue weighted by atomic mass is 10.2. The highest BCUT2D eigenvalue weighted by atomic mass is 35.5. The molecule has 0 saturated carbocycles. The van der Waals surface area contributed by atoms with Gasteiger partial charge in [0.1, 0.15) is 5.82 Å². The third-order valence-corrected chi connectivity index (χ3v) is 2.27.